The van der Waals surface area contributed by atoms with Gasteiger partial charge in [0.15, 0.2) is 0 Å². The van der Waals surface area contributed by atoms with Crippen molar-refractivity contribution in [2.75, 3.05) is 0 Å². The van der Waals surface area contributed by atoms with Crippen LogP contribution in [-0.2, 0) is 40.0 Å². The number of aliphatic carboxylic acids is 1. The van der Waals surface area contributed by atoms with Gasteiger partial charge < -0.3 is 49.0 Å². The molecule has 4 unspecified atom stereocenters. The second-order valence-corrected chi connectivity index (χ2v) is 7.76. The fraction of sp³-hybridized carbons (Fsp3) is 0.474. The van der Waals surface area contributed by atoms with Crippen molar-refractivity contribution in [1.29, 1.82) is 0 Å². The maximum Gasteiger partial charge on any atom is 0.326 e. The molecule has 0 fully saturated rings. The average molecular weight is 511 g/mol. The highest BCUT2D eigenvalue weighted by Crippen LogP contribution is 2.04. The van der Waals surface area contributed by atoms with Crippen LogP contribution in [0.4, 0.5) is 0 Å². The number of nitrogens with one attached hydrogen (secondary N) is 4. The van der Waals surface area contributed by atoms with E-state index in [9.17, 15) is 38.7 Å². The number of rotatable bonds is 16. The minimum Gasteiger partial charge on any atom is -0.480 e. The molecular weight excluding hydrogens is 482 g/mol. The fourth-order valence-electron chi connectivity index (χ4n) is 2.89. The SMILES string of the molecule is NC(=O)CCC(N)C(=O)NC(CC(N)=O)C(=O)NC(Cc1cnc[nH]1)C(=O)NC(CC(N)=O)C(=O)O. The predicted molar refractivity (Wildman–Crippen MR) is 120 cm³/mol. The predicted octanol–water partition coefficient (Wildman–Crippen LogP) is -5.17. The number of hydrogen-bond acceptors (Lipinski definition) is 9. The number of carbonyl (C=O) groups excluding carboxylic acids is 6. The zero-order valence-corrected chi connectivity index (χ0v) is 19.1. The number of amides is 6. The van der Waals surface area contributed by atoms with E-state index in [1.54, 1.807) is 0 Å². The lowest BCUT2D eigenvalue weighted by molar-refractivity contribution is -0.143. The van der Waals surface area contributed by atoms with Crippen molar-refractivity contribution in [3.8, 4) is 0 Å². The minimum absolute atomic E-state index is 0.132. The summed E-state index contributed by atoms with van der Waals surface area (Å²) in [5.41, 5.74) is 21.2. The first-order chi connectivity index (χ1) is 16.8. The monoisotopic (exact) mass is 511 g/mol. The zero-order valence-electron chi connectivity index (χ0n) is 19.1. The molecule has 17 nitrogen and oxygen atoms in total. The quantitative estimate of drug-likeness (QED) is 0.102. The van der Waals surface area contributed by atoms with Gasteiger partial charge >= 0.3 is 5.97 Å². The first-order valence-electron chi connectivity index (χ1n) is 10.5. The number of imidazole rings is 1. The minimum atomic E-state index is -1.68. The molecule has 1 aromatic rings. The molecule has 0 saturated heterocycles. The number of carbonyl (C=O) groups is 7. The van der Waals surface area contributed by atoms with Crippen molar-refractivity contribution in [2.24, 2.45) is 22.9 Å². The van der Waals surface area contributed by atoms with Gasteiger partial charge in [-0.2, -0.15) is 0 Å². The molecule has 13 N–H and O–H groups in total. The van der Waals surface area contributed by atoms with Crippen LogP contribution < -0.4 is 38.9 Å². The summed E-state index contributed by atoms with van der Waals surface area (Å²) in [7, 11) is 0. The number of hydrogen-bond donors (Lipinski definition) is 9. The van der Waals surface area contributed by atoms with Crippen molar-refractivity contribution in [2.45, 2.75) is 56.3 Å². The summed E-state index contributed by atoms with van der Waals surface area (Å²) < 4.78 is 0. The van der Waals surface area contributed by atoms with Gasteiger partial charge in [-0.3, -0.25) is 28.8 Å². The van der Waals surface area contributed by atoms with E-state index in [0.717, 1.165) is 0 Å². The summed E-state index contributed by atoms with van der Waals surface area (Å²) in [6, 6.07) is -5.92. The number of carboxylic acids is 1. The summed E-state index contributed by atoms with van der Waals surface area (Å²) in [5.74, 6) is -7.12. The molecule has 1 heterocycles. The number of carboxylic acid groups (broad SMARTS) is 1. The van der Waals surface area contributed by atoms with Crippen LogP contribution >= 0.6 is 0 Å². The molecule has 17 heteroatoms. The highest BCUT2D eigenvalue weighted by molar-refractivity contribution is 5.96. The second kappa shape index (κ2) is 14.0. The molecule has 0 radical (unpaired) electrons. The highest BCUT2D eigenvalue weighted by Gasteiger charge is 2.32. The van der Waals surface area contributed by atoms with Crippen LogP contribution in [0.1, 0.15) is 31.4 Å². The van der Waals surface area contributed by atoms with Crippen molar-refractivity contribution in [1.82, 2.24) is 25.9 Å². The van der Waals surface area contributed by atoms with E-state index < -0.39 is 78.4 Å². The number of nitrogens with zero attached hydrogens (tertiary/aromatic N) is 1. The largest absolute Gasteiger partial charge is 0.480 e. The fourth-order valence-corrected chi connectivity index (χ4v) is 2.89. The Morgan fingerprint density at radius 2 is 1.36 bits per heavy atom. The molecule has 0 aliphatic heterocycles. The topological polar surface area (TPSA) is 309 Å². The summed E-state index contributed by atoms with van der Waals surface area (Å²) in [6.45, 7) is 0. The molecule has 0 bridgehead atoms. The molecule has 36 heavy (non-hydrogen) atoms. The summed E-state index contributed by atoms with van der Waals surface area (Å²) in [4.78, 5) is 89.4. The van der Waals surface area contributed by atoms with Crippen molar-refractivity contribution < 1.29 is 38.7 Å². The number of primary amides is 3. The molecule has 0 saturated carbocycles. The van der Waals surface area contributed by atoms with Gasteiger partial charge in [-0.15, -0.1) is 0 Å². The highest BCUT2D eigenvalue weighted by atomic mass is 16.4. The van der Waals surface area contributed by atoms with E-state index in [-0.39, 0.29) is 19.3 Å². The molecule has 0 aromatic carbocycles. The Morgan fingerprint density at radius 3 is 1.86 bits per heavy atom. The van der Waals surface area contributed by atoms with Crippen LogP contribution in [0.5, 0.6) is 0 Å². The molecule has 4 atom stereocenters. The third-order valence-corrected chi connectivity index (χ3v) is 4.71. The maximum absolute atomic E-state index is 12.9. The Morgan fingerprint density at radius 1 is 0.833 bits per heavy atom. The molecule has 0 aliphatic rings. The van der Waals surface area contributed by atoms with E-state index in [1.165, 1.54) is 12.5 Å². The Hall–Kier alpha value is -4.54. The molecule has 1 aromatic heterocycles. The van der Waals surface area contributed by atoms with Crippen molar-refractivity contribution in [3.63, 3.8) is 0 Å². The summed E-state index contributed by atoms with van der Waals surface area (Å²) in [6.07, 6.45) is 0.702. The van der Waals surface area contributed by atoms with Gasteiger partial charge in [-0.25, -0.2) is 9.78 Å². The van der Waals surface area contributed by atoms with E-state index in [2.05, 4.69) is 25.9 Å². The normalized spacial score (nSPS) is 13.9. The second-order valence-electron chi connectivity index (χ2n) is 7.76. The molecule has 6 amide bonds. The van der Waals surface area contributed by atoms with Crippen LogP contribution in [0, 0.1) is 0 Å². The van der Waals surface area contributed by atoms with Crippen LogP contribution in [0.25, 0.3) is 0 Å². The van der Waals surface area contributed by atoms with Crippen LogP contribution in [0.15, 0.2) is 12.5 Å². The summed E-state index contributed by atoms with van der Waals surface area (Å²) in [5, 5.41) is 15.9. The maximum atomic E-state index is 12.9. The van der Waals surface area contributed by atoms with E-state index in [4.69, 9.17) is 22.9 Å². The lowest BCUT2D eigenvalue weighted by Gasteiger charge is -2.24. The molecule has 0 spiro atoms. The Bertz CT molecular complexity index is 982. The van der Waals surface area contributed by atoms with Crippen molar-refractivity contribution >= 4 is 41.4 Å². The Kier molecular flexibility index (Phi) is 11.5. The van der Waals surface area contributed by atoms with Gasteiger partial charge in [0.1, 0.15) is 18.1 Å². The third kappa shape index (κ3) is 10.6. The number of nitrogens with two attached hydrogens (primary N) is 4. The molecule has 0 aliphatic carbocycles. The third-order valence-electron chi connectivity index (χ3n) is 4.71. The van der Waals surface area contributed by atoms with Crippen LogP contribution in [-0.4, -0.2) is 80.7 Å². The van der Waals surface area contributed by atoms with Gasteiger partial charge in [0.05, 0.1) is 25.2 Å². The number of H-pyrrole nitrogens is 1. The smallest absolute Gasteiger partial charge is 0.326 e. The lowest BCUT2D eigenvalue weighted by Crippen LogP contribution is -2.58. The number of aromatic nitrogens is 2. The number of aromatic amines is 1. The molecule has 198 valence electrons. The lowest BCUT2D eigenvalue weighted by atomic mass is 10.1. The summed E-state index contributed by atoms with van der Waals surface area (Å²) >= 11 is 0. The standard InChI is InChI=1S/C19H29N9O8/c20-9(1-2-13(21)29)16(32)26-11(4-14(22)30)18(34)27-10(3-8-6-24-7-25-8)17(33)28-12(19(35)36)5-15(23)31/h6-7,9-12H,1-5,20H2,(H2,21,29)(H2,22,30)(H2,23,31)(H,24,25)(H,26,32)(H,27,34)(H,28,33)(H,35,36). The first kappa shape index (κ1) is 29.5. The van der Waals surface area contributed by atoms with Gasteiger partial charge in [0.25, 0.3) is 0 Å². The first-order valence-corrected chi connectivity index (χ1v) is 10.5. The average Bonchev–Trinajstić information content (AvgIpc) is 3.28. The van der Waals surface area contributed by atoms with Gasteiger partial charge in [0, 0.05) is 24.7 Å². The molecule has 1 rings (SSSR count). The Labute approximate surface area is 204 Å². The van der Waals surface area contributed by atoms with E-state index in [0.29, 0.717) is 5.69 Å². The van der Waals surface area contributed by atoms with Gasteiger partial charge in [-0.05, 0) is 6.42 Å². The Balaban J connectivity index is 3.06. The van der Waals surface area contributed by atoms with Crippen LogP contribution in [0.3, 0.4) is 0 Å². The van der Waals surface area contributed by atoms with Gasteiger partial charge in [-0.1, -0.05) is 0 Å². The molecular formula is C19H29N9O8. The van der Waals surface area contributed by atoms with Gasteiger partial charge in [0.2, 0.25) is 35.4 Å². The van der Waals surface area contributed by atoms with Crippen LogP contribution in [0.2, 0.25) is 0 Å². The zero-order chi connectivity index (χ0) is 27.4. The van der Waals surface area contributed by atoms with E-state index in [1.807, 2.05) is 0 Å². The van der Waals surface area contributed by atoms with Crippen molar-refractivity contribution in [3.05, 3.63) is 18.2 Å². The van der Waals surface area contributed by atoms with E-state index >= 15 is 0 Å².